The van der Waals surface area contributed by atoms with Gasteiger partial charge in [-0.25, -0.2) is 0 Å². The average molecular weight is 130 g/mol. The summed E-state index contributed by atoms with van der Waals surface area (Å²) in [4.78, 5) is 0. The molecule has 1 heteroatoms. The summed E-state index contributed by atoms with van der Waals surface area (Å²) in [6.07, 6.45) is 2.28. The van der Waals surface area contributed by atoms with E-state index in [1.165, 1.54) is 6.42 Å². The number of aliphatic hydroxyl groups is 1. The molecule has 0 aliphatic rings. The Morgan fingerprint density at radius 1 is 1.22 bits per heavy atom. The number of hydrogen-bond donors (Lipinski definition) is 1. The Hall–Kier alpha value is -0.0400. The molecule has 0 fully saturated rings. The average Bonchev–Trinajstić information content (AvgIpc) is 1.90. The topological polar surface area (TPSA) is 20.2 Å². The van der Waals surface area contributed by atoms with Gasteiger partial charge in [0, 0.05) is 6.61 Å². The molecule has 1 N–H and O–H groups in total. The van der Waals surface area contributed by atoms with Gasteiger partial charge in [-0.1, -0.05) is 33.6 Å². The fraction of sp³-hybridized carbons (Fsp3) is 1.00. The summed E-state index contributed by atoms with van der Waals surface area (Å²) in [5, 5.41) is 8.83. The number of aliphatic hydroxyl groups excluding tert-OH is 1. The van der Waals surface area contributed by atoms with E-state index < -0.39 is 0 Å². The molecule has 0 aliphatic heterocycles. The fourth-order valence-electron chi connectivity index (χ4n) is 1.04. The van der Waals surface area contributed by atoms with Crippen LogP contribution in [0.4, 0.5) is 0 Å². The van der Waals surface area contributed by atoms with E-state index in [9.17, 15) is 0 Å². The molecule has 0 amide bonds. The highest BCUT2D eigenvalue weighted by molar-refractivity contribution is 4.61. The van der Waals surface area contributed by atoms with Crippen LogP contribution in [-0.2, 0) is 0 Å². The van der Waals surface area contributed by atoms with Crippen LogP contribution in [0.15, 0.2) is 0 Å². The summed E-state index contributed by atoms with van der Waals surface area (Å²) >= 11 is 0. The summed E-state index contributed by atoms with van der Waals surface area (Å²) in [5.74, 6) is 1.20. The van der Waals surface area contributed by atoms with E-state index in [4.69, 9.17) is 5.11 Å². The van der Waals surface area contributed by atoms with E-state index in [0.29, 0.717) is 18.4 Å². The van der Waals surface area contributed by atoms with Crippen molar-refractivity contribution < 1.29 is 5.11 Å². The largest absolute Gasteiger partial charge is 0.396 e. The van der Waals surface area contributed by atoms with Crippen LogP contribution in [0.25, 0.3) is 0 Å². The van der Waals surface area contributed by atoms with Crippen LogP contribution >= 0.6 is 0 Å². The molecule has 2 atom stereocenters. The molecule has 0 aliphatic carbocycles. The second kappa shape index (κ2) is 4.80. The van der Waals surface area contributed by atoms with E-state index in [2.05, 4.69) is 20.8 Å². The molecule has 0 aromatic rings. The van der Waals surface area contributed by atoms with E-state index in [0.717, 1.165) is 6.42 Å². The molecular formula is C8H18O. The SMILES string of the molecule is CCC(C)C(CC)CO. The summed E-state index contributed by atoms with van der Waals surface area (Å²) in [7, 11) is 0. The van der Waals surface area contributed by atoms with Gasteiger partial charge in [0.25, 0.3) is 0 Å². The van der Waals surface area contributed by atoms with Crippen molar-refractivity contribution in [1.29, 1.82) is 0 Å². The van der Waals surface area contributed by atoms with Crippen LogP contribution in [-0.4, -0.2) is 11.7 Å². The Kier molecular flexibility index (Phi) is 4.78. The summed E-state index contributed by atoms with van der Waals surface area (Å²) in [6.45, 7) is 6.85. The van der Waals surface area contributed by atoms with E-state index >= 15 is 0 Å². The van der Waals surface area contributed by atoms with Gasteiger partial charge in [0.1, 0.15) is 0 Å². The molecule has 0 spiro atoms. The second-order valence-electron chi connectivity index (χ2n) is 2.74. The van der Waals surface area contributed by atoms with Gasteiger partial charge in [-0.2, -0.15) is 0 Å². The van der Waals surface area contributed by atoms with Gasteiger partial charge in [-0.3, -0.25) is 0 Å². The van der Waals surface area contributed by atoms with Crippen LogP contribution < -0.4 is 0 Å². The quantitative estimate of drug-likeness (QED) is 0.617. The van der Waals surface area contributed by atoms with Crippen molar-refractivity contribution in [3.05, 3.63) is 0 Å². The second-order valence-corrected chi connectivity index (χ2v) is 2.74. The predicted octanol–water partition coefficient (Wildman–Crippen LogP) is 2.05. The molecule has 0 saturated carbocycles. The summed E-state index contributed by atoms with van der Waals surface area (Å²) in [6, 6.07) is 0. The van der Waals surface area contributed by atoms with E-state index in [1.807, 2.05) is 0 Å². The van der Waals surface area contributed by atoms with Crippen LogP contribution in [0.1, 0.15) is 33.6 Å². The van der Waals surface area contributed by atoms with Gasteiger partial charge < -0.3 is 5.11 Å². The third-order valence-corrected chi connectivity index (χ3v) is 2.21. The summed E-state index contributed by atoms with van der Waals surface area (Å²) in [5.41, 5.74) is 0. The molecular weight excluding hydrogens is 112 g/mol. The molecule has 1 nitrogen and oxygen atoms in total. The van der Waals surface area contributed by atoms with Gasteiger partial charge in [0.2, 0.25) is 0 Å². The zero-order chi connectivity index (χ0) is 7.28. The van der Waals surface area contributed by atoms with Gasteiger partial charge in [-0.05, 0) is 11.8 Å². The number of hydrogen-bond acceptors (Lipinski definition) is 1. The summed E-state index contributed by atoms with van der Waals surface area (Å²) < 4.78 is 0. The minimum Gasteiger partial charge on any atom is -0.396 e. The first-order chi connectivity index (χ1) is 4.26. The first kappa shape index (κ1) is 8.96. The lowest BCUT2D eigenvalue weighted by molar-refractivity contribution is 0.176. The standard InChI is InChI=1S/C8H18O/c1-4-7(3)8(5-2)6-9/h7-9H,4-6H2,1-3H3. The number of rotatable bonds is 4. The maximum Gasteiger partial charge on any atom is 0.0461 e. The molecule has 0 rings (SSSR count). The van der Waals surface area contributed by atoms with Gasteiger partial charge in [-0.15, -0.1) is 0 Å². The molecule has 0 radical (unpaired) electrons. The molecule has 56 valence electrons. The smallest absolute Gasteiger partial charge is 0.0461 e. The normalized spacial score (nSPS) is 17.3. The minimum absolute atomic E-state index is 0.353. The van der Waals surface area contributed by atoms with Gasteiger partial charge >= 0.3 is 0 Å². The molecule has 0 bridgehead atoms. The Morgan fingerprint density at radius 2 is 1.78 bits per heavy atom. The van der Waals surface area contributed by atoms with Crippen LogP contribution in [0.2, 0.25) is 0 Å². The molecule has 9 heavy (non-hydrogen) atoms. The van der Waals surface area contributed by atoms with Crippen molar-refractivity contribution >= 4 is 0 Å². The molecule has 2 unspecified atom stereocenters. The molecule has 0 heterocycles. The van der Waals surface area contributed by atoms with Crippen LogP contribution in [0.5, 0.6) is 0 Å². The Labute approximate surface area is 58.1 Å². The third-order valence-electron chi connectivity index (χ3n) is 2.21. The zero-order valence-electron chi connectivity index (χ0n) is 6.72. The van der Waals surface area contributed by atoms with Crippen molar-refractivity contribution in [2.75, 3.05) is 6.61 Å². The molecule has 0 saturated heterocycles. The highest BCUT2D eigenvalue weighted by atomic mass is 16.3. The maximum atomic E-state index is 8.83. The van der Waals surface area contributed by atoms with Gasteiger partial charge in [0.05, 0.1) is 0 Å². The van der Waals surface area contributed by atoms with Crippen LogP contribution in [0, 0.1) is 11.8 Å². The van der Waals surface area contributed by atoms with Crippen molar-refractivity contribution in [1.82, 2.24) is 0 Å². The lowest BCUT2D eigenvalue weighted by Crippen LogP contribution is -2.13. The Bertz CT molecular complexity index is 57.6. The monoisotopic (exact) mass is 130 g/mol. The minimum atomic E-state index is 0.353. The third kappa shape index (κ3) is 2.85. The van der Waals surface area contributed by atoms with Crippen LogP contribution in [0.3, 0.4) is 0 Å². The van der Waals surface area contributed by atoms with Crippen molar-refractivity contribution in [2.45, 2.75) is 33.6 Å². The molecule has 0 aromatic carbocycles. The Balaban J connectivity index is 3.50. The van der Waals surface area contributed by atoms with E-state index in [-0.39, 0.29) is 0 Å². The highest BCUT2D eigenvalue weighted by Gasteiger charge is 2.10. The maximum absolute atomic E-state index is 8.83. The first-order valence-corrected chi connectivity index (χ1v) is 3.87. The molecule has 0 aromatic heterocycles. The zero-order valence-corrected chi connectivity index (χ0v) is 6.72. The van der Waals surface area contributed by atoms with Crippen molar-refractivity contribution in [3.8, 4) is 0 Å². The highest BCUT2D eigenvalue weighted by Crippen LogP contribution is 2.17. The van der Waals surface area contributed by atoms with E-state index in [1.54, 1.807) is 0 Å². The van der Waals surface area contributed by atoms with Gasteiger partial charge in [0.15, 0.2) is 0 Å². The van der Waals surface area contributed by atoms with Crippen molar-refractivity contribution in [3.63, 3.8) is 0 Å². The fourth-order valence-corrected chi connectivity index (χ4v) is 1.04. The Morgan fingerprint density at radius 3 is 1.89 bits per heavy atom. The predicted molar refractivity (Wildman–Crippen MR) is 40.3 cm³/mol. The van der Waals surface area contributed by atoms with Crippen molar-refractivity contribution in [2.24, 2.45) is 11.8 Å². The first-order valence-electron chi connectivity index (χ1n) is 3.87. The lowest BCUT2D eigenvalue weighted by Gasteiger charge is -2.17. The lowest BCUT2D eigenvalue weighted by atomic mass is 9.90.